The van der Waals surface area contributed by atoms with Gasteiger partial charge in [-0.05, 0) is 122 Å². The summed E-state index contributed by atoms with van der Waals surface area (Å²) in [5, 5.41) is 0. The zero-order chi connectivity index (χ0) is 51.4. The van der Waals surface area contributed by atoms with Gasteiger partial charge in [0, 0.05) is 19.3 Å². The Morgan fingerprint density at radius 3 is 0.789 bits per heavy atom. The molecule has 0 aromatic carbocycles. The zero-order valence-electron chi connectivity index (χ0n) is 46.7. The average molecular weight is 990 g/mol. The van der Waals surface area contributed by atoms with Crippen LogP contribution in [0.3, 0.4) is 0 Å². The molecule has 0 amide bonds. The van der Waals surface area contributed by atoms with E-state index in [9.17, 15) is 14.4 Å². The van der Waals surface area contributed by atoms with Crippen LogP contribution in [0, 0.1) is 0 Å². The number of ether oxygens (including phenoxy) is 3. The topological polar surface area (TPSA) is 78.9 Å². The lowest BCUT2D eigenvalue weighted by molar-refractivity contribution is -0.167. The molecule has 0 aliphatic heterocycles. The number of esters is 3. The van der Waals surface area contributed by atoms with Crippen molar-refractivity contribution < 1.29 is 28.6 Å². The first-order valence-corrected chi connectivity index (χ1v) is 30.1. The van der Waals surface area contributed by atoms with E-state index in [0.717, 1.165) is 103 Å². The number of rotatable bonds is 54. The van der Waals surface area contributed by atoms with Crippen molar-refractivity contribution in [1.29, 1.82) is 0 Å². The molecule has 1 atom stereocenters. The quantitative estimate of drug-likeness (QED) is 0.0261. The Morgan fingerprint density at radius 2 is 0.507 bits per heavy atom. The predicted octanol–water partition coefficient (Wildman–Crippen LogP) is 20.3. The van der Waals surface area contributed by atoms with E-state index in [4.69, 9.17) is 14.2 Å². The highest BCUT2D eigenvalue weighted by molar-refractivity contribution is 5.71. The van der Waals surface area contributed by atoms with E-state index in [-0.39, 0.29) is 31.1 Å². The van der Waals surface area contributed by atoms with Gasteiger partial charge in [0.15, 0.2) is 6.10 Å². The maximum atomic E-state index is 12.9. The van der Waals surface area contributed by atoms with Gasteiger partial charge in [-0.3, -0.25) is 14.4 Å². The standard InChI is InChI=1S/C65H112O6/c1-4-7-10-13-16-19-22-25-28-31-32-35-37-40-43-46-49-52-55-58-64(67)70-61-62(71-65(68)59-56-53-50-47-44-41-38-34-30-27-24-21-18-15-12-9-6-3)60-69-63(66)57-54-51-48-45-42-39-36-33-29-26-23-20-17-14-11-8-5-2/h16-21,25-30,32,35,62H,4-15,22-24,31,33-34,36-61H2,1-3H3/b19-16-,20-17-,21-18-,28-25-,29-26-,30-27-,35-32-/t62-/m1/s1. The molecule has 0 radical (unpaired) electrons. The maximum Gasteiger partial charge on any atom is 0.306 e. The van der Waals surface area contributed by atoms with E-state index < -0.39 is 6.10 Å². The smallest absolute Gasteiger partial charge is 0.306 e. The Morgan fingerprint density at radius 1 is 0.282 bits per heavy atom. The number of hydrogen-bond acceptors (Lipinski definition) is 6. The minimum Gasteiger partial charge on any atom is -0.462 e. The molecule has 0 aromatic rings. The SMILES string of the molecule is CCCCC/C=C\C/C=C\C/C=C\CCCCCCCCC(=O)OC[C@@H](COC(=O)CCCCCCCCC/C=C\C/C=C\CCCCC)OC(=O)CCCCCCCCC/C=C\C/C=C\CCCCC. The van der Waals surface area contributed by atoms with Crippen LogP contribution in [-0.4, -0.2) is 37.2 Å². The second-order valence-electron chi connectivity index (χ2n) is 19.9. The van der Waals surface area contributed by atoms with Gasteiger partial charge >= 0.3 is 17.9 Å². The fourth-order valence-electron chi connectivity index (χ4n) is 8.27. The highest BCUT2D eigenvalue weighted by Gasteiger charge is 2.19. The van der Waals surface area contributed by atoms with Crippen LogP contribution in [0.2, 0.25) is 0 Å². The minimum atomic E-state index is -0.791. The monoisotopic (exact) mass is 989 g/mol. The molecule has 0 N–H and O–H groups in total. The molecule has 6 heteroatoms. The van der Waals surface area contributed by atoms with E-state index in [2.05, 4.69) is 106 Å². The predicted molar refractivity (Wildman–Crippen MR) is 307 cm³/mol. The van der Waals surface area contributed by atoms with Gasteiger partial charge in [-0.15, -0.1) is 0 Å². The van der Waals surface area contributed by atoms with Gasteiger partial charge in [0.2, 0.25) is 0 Å². The number of carbonyl (C=O) groups is 3. The van der Waals surface area contributed by atoms with Crippen LogP contribution in [-0.2, 0) is 28.6 Å². The van der Waals surface area contributed by atoms with E-state index >= 15 is 0 Å². The normalized spacial score (nSPS) is 12.7. The Labute approximate surface area is 439 Å². The summed E-state index contributed by atoms with van der Waals surface area (Å²) >= 11 is 0. The first-order chi connectivity index (χ1) is 35.0. The van der Waals surface area contributed by atoms with E-state index in [0.29, 0.717) is 19.3 Å². The molecule has 0 aromatic heterocycles. The molecule has 0 saturated carbocycles. The molecule has 0 bridgehead atoms. The first-order valence-electron chi connectivity index (χ1n) is 30.1. The summed E-state index contributed by atoms with van der Waals surface area (Å²) < 4.78 is 16.9. The van der Waals surface area contributed by atoms with Crippen molar-refractivity contribution in [1.82, 2.24) is 0 Å². The highest BCUT2D eigenvalue weighted by Crippen LogP contribution is 2.15. The summed E-state index contributed by atoms with van der Waals surface area (Å²) in [5.74, 6) is -0.908. The van der Waals surface area contributed by atoms with Gasteiger partial charge in [-0.2, -0.15) is 0 Å². The summed E-state index contributed by atoms with van der Waals surface area (Å²) in [4.78, 5) is 38.2. The van der Waals surface area contributed by atoms with E-state index in [1.807, 2.05) is 0 Å². The molecule has 0 rings (SSSR count). The molecule has 71 heavy (non-hydrogen) atoms. The average Bonchev–Trinajstić information content (AvgIpc) is 3.37. The van der Waals surface area contributed by atoms with Crippen molar-refractivity contribution in [2.24, 2.45) is 0 Å². The Hall–Kier alpha value is -3.41. The lowest BCUT2D eigenvalue weighted by Gasteiger charge is -2.18. The van der Waals surface area contributed by atoms with Gasteiger partial charge in [-0.1, -0.05) is 234 Å². The minimum absolute atomic E-state index is 0.0881. The van der Waals surface area contributed by atoms with Crippen molar-refractivity contribution in [2.45, 2.75) is 297 Å². The molecular weight excluding hydrogens is 877 g/mol. The summed E-state index contributed by atoms with van der Waals surface area (Å²) in [6, 6.07) is 0. The van der Waals surface area contributed by atoms with Crippen molar-refractivity contribution >= 4 is 17.9 Å². The van der Waals surface area contributed by atoms with Gasteiger partial charge in [0.25, 0.3) is 0 Å². The van der Waals surface area contributed by atoms with Crippen LogP contribution in [0.1, 0.15) is 290 Å². The molecule has 408 valence electrons. The Kier molecular flexibility index (Phi) is 56.3. The number of allylic oxidation sites excluding steroid dienone is 14. The summed E-state index contributed by atoms with van der Waals surface area (Å²) in [7, 11) is 0. The second kappa shape index (κ2) is 59.2. The van der Waals surface area contributed by atoms with Gasteiger partial charge in [0.05, 0.1) is 0 Å². The first kappa shape index (κ1) is 67.6. The third-order valence-corrected chi connectivity index (χ3v) is 12.8. The Bertz CT molecular complexity index is 1370. The fourth-order valence-corrected chi connectivity index (χ4v) is 8.27. The lowest BCUT2D eigenvalue weighted by atomic mass is 10.1. The second-order valence-corrected chi connectivity index (χ2v) is 19.9. The van der Waals surface area contributed by atoms with Crippen LogP contribution in [0.5, 0.6) is 0 Å². The molecule has 0 aliphatic rings. The van der Waals surface area contributed by atoms with Crippen molar-refractivity contribution in [3.63, 3.8) is 0 Å². The third kappa shape index (κ3) is 57.4. The molecule has 0 aliphatic carbocycles. The van der Waals surface area contributed by atoms with Gasteiger partial charge in [-0.25, -0.2) is 0 Å². The molecule has 0 unspecified atom stereocenters. The molecule has 0 spiro atoms. The van der Waals surface area contributed by atoms with E-state index in [1.165, 1.54) is 148 Å². The zero-order valence-corrected chi connectivity index (χ0v) is 46.7. The lowest BCUT2D eigenvalue weighted by Crippen LogP contribution is -2.30. The van der Waals surface area contributed by atoms with Crippen LogP contribution in [0.4, 0.5) is 0 Å². The van der Waals surface area contributed by atoms with Crippen molar-refractivity contribution in [3.05, 3.63) is 85.1 Å². The molecule has 6 nitrogen and oxygen atoms in total. The van der Waals surface area contributed by atoms with Crippen LogP contribution in [0.15, 0.2) is 85.1 Å². The molecular formula is C65H112O6. The largest absolute Gasteiger partial charge is 0.462 e. The van der Waals surface area contributed by atoms with Crippen molar-refractivity contribution in [2.75, 3.05) is 13.2 Å². The van der Waals surface area contributed by atoms with E-state index in [1.54, 1.807) is 0 Å². The number of carbonyl (C=O) groups excluding carboxylic acids is 3. The number of unbranched alkanes of at least 4 members (excludes halogenated alkanes) is 29. The number of hydrogen-bond donors (Lipinski definition) is 0. The third-order valence-electron chi connectivity index (χ3n) is 12.8. The highest BCUT2D eigenvalue weighted by atomic mass is 16.6. The van der Waals surface area contributed by atoms with Crippen LogP contribution < -0.4 is 0 Å². The van der Waals surface area contributed by atoms with Crippen LogP contribution >= 0.6 is 0 Å². The fraction of sp³-hybridized carbons (Fsp3) is 0.738. The molecule has 0 saturated heterocycles. The van der Waals surface area contributed by atoms with Gasteiger partial charge < -0.3 is 14.2 Å². The molecule has 0 heterocycles. The van der Waals surface area contributed by atoms with Gasteiger partial charge in [0.1, 0.15) is 13.2 Å². The molecule has 0 fully saturated rings. The summed E-state index contributed by atoms with van der Waals surface area (Å²) in [5.41, 5.74) is 0. The summed E-state index contributed by atoms with van der Waals surface area (Å²) in [6.45, 7) is 6.56. The van der Waals surface area contributed by atoms with Crippen molar-refractivity contribution in [3.8, 4) is 0 Å². The Balaban J connectivity index is 4.43. The van der Waals surface area contributed by atoms with Crippen LogP contribution in [0.25, 0.3) is 0 Å². The summed E-state index contributed by atoms with van der Waals surface area (Å²) in [6.07, 6.45) is 77.0. The maximum absolute atomic E-state index is 12.9.